The molecule has 0 aromatic rings. The fraction of sp³-hybridized carbons (Fsp3) is 1.00. The summed E-state index contributed by atoms with van der Waals surface area (Å²) in [4.78, 5) is 2.55. The van der Waals surface area contributed by atoms with E-state index >= 15 is 0 Å². The van der Waals surface area contributed by atoms with Gasteiger partial charge >= 0.3 is 0 Å². The van der Waals surface area contributed by atoms with E-state index in [0.717, 1.165) is 24.6 Å². The van der Waals surface area contributed by atoms with E-state index in [0.29, 0.717) is 5.41 Å². The van der Waals surface area contributed by atoms with Crippen LogP contribution < -0.4 is 0 Å². The Morgan fingerprint density at radius 1 is 1.36 bits per heavy atom. The second-order valence-electron chi connectivity index (χ2n) is 4.89. The van der Waals surface area contributed by atoms with Crippen LogP contribution in [0.25, 0.3) is 0 Å². The first-order valence-corrected chi connectivity index (χ1v) is 6.72. The van der Waals surface area contributed by atoms with Crippen molar-refractivity contribution in [2.75, 3.05) is 32.1 Å². The van der Waals surface area contributed by atoms with Gasteiger partial charge in [0.05, 0.1) is 0 Å². The molecule has 0 aromatic heterocycles. The molecule has 2 aliphatic rings. The first-order valence-electron chi connectivity index (χ1n) is 5.60. The first kappa shape index (κ1) is 10.9. The van der Waals surface area contributed by atoms with Gasteiger partial charge in [-0.1, -0.05) is 15.9 Å². The summed E-state index contributed by atoms with van der Waals surface area (Å²) in [5.74, 6) is 0. The van der Waals surface area contributed by atoms with Crippen molar-refractivity contribution in [1.29, 1.82) is 0 Å². The minimum atomic E-state index is 0.482. The summed E-state index contributed by atoms with van der Waals surface area (Å²) in [5.41, 5.74) is 0.482. The molecule has 2 nitrogen and oxygen atoms in total. The summed E-state index contributed by atoms with van der Waals surface area (Å²) in [6.45, 7) is 3.14. The van der Waals surface area contributed by atoms with E-state index < -0.39 is 0 Å². The smallest absolute Gasteiger partial charge is 0.0472 e. The Labute approximate surface area is 95.1 Å². The second kappa shape index (κ2) is 4.50. The van der Waals surface area contributed by atoms with Crippen molar-refractivity contribution in [3.05, 3.63) is 0 Å². The summed E-state index contributed by atoms with van der Waals surface area (Å²) in [5, 5.41) is 1.13. The van der Waals surface area contributed by atoms with Gasteiger partial charge in [0.1, 0.15) is 0 Å². The van der Waals surface area contributed by atoms with Crippen LogP contribution >= 0.6 is 15.9 Å². The highest BCUT2D eigenvalue weighted by Crippen LogP contribution is 2.36. The second-order valence-corrected chi connectivity index (χ2v) is 5.45. The van der Waals surface area contributed by atoms with Gasteiger partial charge in [0.15, 0.2) is 0 Å². The number of hydrogen-bond acceptors (Lipinski definition) is 2. The summed E-state index contributed by atoms with van der Waals surface area (Å²) >= 11 is 3.68. The molecule has 0 amide bonds. The van der Waals surface area contributed by atoms with Crippen molar-refractivity contribution < 1.29 is 4.74 Å². The minimum Gasteiger partial charge on any atom is -0.381 e. The Bertz CT molecular complexity index is 188. The van der Waals surface area contributed by atoms with Crippen molar-refractivity contribution in [1.82, 2.24) is 4.90 Å². The zero-order valence-corrected chi connectivity index (χ0v) is 10.6. The van der Waals surface area contributed by atoms with E-state index in [1.165, 1.54) is 32.2 Å². The molecule has 82 valence electrons. The van der Waals surface area contributed by atoms with Crippen LogP contribution in [-0.2, 0) is 4.74 Å². The molecule has 1 heterocycles. The van der Waals surface area contributed by atoms with Gasteiger partial charge in [-0.2, -0.15) is 0 Å². The standard InChI is InChI=1S/C11H20BrNO/c1-13(10-2-3-10)9-11(8-12)4-6-14-7-5-11/h10H,2-9H2,1H3. The van der Waals surface area contributed by atoms with E-state index in [9.17, 15) is 0 Å². The maximum absolute atomic E-state index is 5.44. The fourth-order valence-electron chi connectivity index (χ4n) is 2.31. The summed E-state index contributed by atoms with van der Waals surface area (Å²) < 4.78 is 5.44. The van der Waals surface area contributed by atoms with E-state index in [4.69, 9.17) is 4.74 Å². The molecular weight excluding hydrogens is 242 g/mol. The van der Waals surface area contributed by atoms with Crippen molar-refractivity contribution in [3.63, 3.8) is 0 Å². The van der Waals surface area contributed by atoms with E-state index in [1.54, 1.807) is 0 Å². The molecule has 2 fully saturated rings. The van der Waals surface area contributed by atoms with Crippen LogP contribution in [0.15, 0.2) is 0 Å². The van der Waals surface area contributed by atoms with Crippen molar-refractivity contribution in [2.24, 2.45) is 5.41 Å². The lowest BCUT2D eigenvalue weighted by atomic mass is 9.82. The van der Waals surface area contributed by atoms with Crippen molar-refractivity contribution >= 4 is 15.9 Å². The first-order chi connectivity index (χ1) is 6.76. The van der Waals surface area contributed by atoms with Gasteiger partial charge in [0.2, 0.25) is 0 Å². The number of alkyl halides is 1. The van der Waals surface area contributed by atoms with E-state index in [1.807, 2.05) is 0 Å². The van der Waals surface area contributed by atoms with E-state index in [2.05, 4.69) is 27.9 Å². The van der Waals surface area contributed by atoms with Crippen LogP contribution in [0.2, 0.25) is 0 Å². The lowest BCUT2D eigenvalue weighted by Crippen LogP contribution is -2.42. The molecule has 1 aliphatic carbocycles. The number of hydrogen-bond donors (Lipinski definition) is 0. The summed E-state index contributed by atoms with van der Waals surface area (Å²) in [6, 6.07) is 0.883. The summed E-state index contributed by atoms with van der Waals surface area (Å²) in [7, 11) is 2.28. The zero-order chi connectivity index (χ0) is 10.0. The Morgan fingerprint density at radius 2 is 2.00 bits per heavy atom. The van der Waals surface area contributed by atoms with Gasteiger partial charge in [-0.3, -0.25) is 0 Å². The SMILES string of the molecule is CN(CC1(CBr)CCOCC1)C1CC1. The molecule has 0 radical (unpaired) electrons. The van der Waals surface area contributed by atoms with Crippen LogP contribution in [0.5, 0.6) is 0 Å². The molecule has 3 heteroatoms. The van der Waals surface area contributed by atoms with Crippen LogP contribution in [0, 0.1) is 5.41 Å². The molecule has 0 spiro atoms. The quantitative estimate of drug-likeness (QED) is 0.721. The Morgan fingerprint density at radius 3 is 2.50 bits per heavy atom. The van der Waals surface area contributed by atoms with E-state index in [-0.39, 0.29) is 0 Å². The topological polar surface area (TPSA) is 12.5 Å². The Balaban J connectivity index is 1.89. The normalized spacial score (nSPS) is 26.8. The zero-order valence-electron chi connectivity index (χ0n) is 8.97. The average molecular weight is 262 g/mol. The molecule has 1 aliphatic heterocycles. The highest BCUT2D eigenvalue weighted by molar-refractivity contribution is 9.09. The van der Waals surface area contributed by atoms with Crippen molar-refractivity contribution in [2.45, 2.75) is 31.7 Å². The number of rotatable bonds is 4. The van der Waals surface area contributed by atoms with Crippen LogP contribution in [-0.4, -0.2) is 43.1 Å². The lowest BCUT2D eigenvalue weighted by molar-refractivity contribution is 0.0109. The minimum absolute atomic E-state index is 0.482. The molecule has 2 rings (SSSR count). The van der Waals surface area contributed by atoms with Gasteiger partial charge in [-0.15, -0.1) is 0 Å². The molecule has 14 heavy (non-hydrogen) atoms. The summed E-state index contributed by atoms with van der Waals surface area (Å²) in [6.07, 6.45) is 5.25. The fourth-order valence-corrected chi connectivity index (χ4v) is 3.05. The molecule has 0 bridgehead atoms. The molecule has 0 aromatic carbocycles. The predicted octanol–water partition coefficient (Wildman–Crippen LogP) is 2.27. The average Bonchev–Trinajstić information content (AvgIpc) is 3.02. The maximum atomic E-state index is 5.44. The maximum Gasteiger partial charge on any atom is 0.0472 e. The molecule has 0 unspecified atom stereocenters. The Hall–Kier alpha value is 0.400. The molecular formula is C11H20BrNO. The Kier molecular flexibility index (Phi) is 3.50. The van der Waals surface area contributed by atoms with Crippen LogP contribution in [0.4, 0.5) is 0 Å². The largest absolute Gasteiger partial charge is 0.381 e. The van der Waals surface area contributed by atoms with Gasteiger partial charge in [0, 0.05) is 31.1 Å². The highest BCUT2D eigenvalue weighted by Gasteiger charge is 2.36. The van der Waals surface area contributed by atoms with Gasteiger partial charge in [0.25, 0.3) is 0 Å². The third-order valence-electron chi connectivity index (χ3n) is 3.59. The number of ether oxygens (including phenoxy) is 1. The van der Waals surface area contributed by atoms with Crippen molar-refractivity contribution in [3.8, 4) is 0 Å². The predicted molar refractivity (Wildman–Crippen MR) is 61.9 cm³/mol. The molecule has 1 saturated carbocycles. The van der Waals surface area contributed by atoms with Crippen LogP contribution in [0.1, 0.15) is 25.7 Å². The number of halogens is 1. The van der Waals surface area contributed by atoms with Crippen LogP contribution in [0.3, 0.4) is 0 Å². The third kappa shape index (κ3) is 2.50. The lowest BCUT2D eigenvalue weighted by Gasteiger charge is -2.38. The van der Waals surface area contributed by atoms with Gasteiger partial charge in [-0.25, -0.2) is 0 Å². The molecule has 1 saturated heterocycles. The van der Waals surface area contributed by atoms with Gasteiger partial charge in [-0.05, 0) is 38.1 Å². The monoisotopic (exact) mass is 261 g/mol. The van der Waals surface area contributed by atoms with Gasteiger partial charge < -0.3 is 9.64 Å². The molecule has 0 atom stereocenters. The highest BCUT2D eigenvalue weighted by atomic mass is 79.9. The third-order valence-corrected chi connectivity index (χ3v) is 4.78. The number of nitrogens with zero attached hydrogens (tertiary/aromatic N) is 1. The molecule has 0 N–H and O–H groups in total.